The van der Waals surface area contributed by atoms with Crippen LogP contribution in [0.1, 0.15) is 36.7 Å². The lowest BCUT2D eigenvalue weighted by Crippen LogP contribution is -2.32. The number of esters is 1. The summed E-state index contributed by atoms with van der Waals surface area (Å²) in [4.78, 5) is 14.9. The number of hydrogen-bond acceptors (Lipinski definition) is 4. The quantitative estimate of drug-likeness (QED) is 0.525. The average molecular weight is 393 g/mol. The van der Waals surface area contributed by atoms with Crippen LogP contribution >= 0.6 is 0 Å². The van der Waals surface area contributed by atoms with Crippen LogP contribution < -0.4 is 4.74 Å². The van der Waals surface area contributed by atoms with E-state index in [4.69, 9.17) is 9.47 Å². The summed E-state index contributed by atoms with van der Waals surface area (Å²) in [5.41, 5.74) is 4.41. The molecule has 0 saturated carbocycles. The summed E-state index contributed by atoms with van der Waals surface area (Å²) in [7, 11) is 1.65. The summed E-state index contributed by atoms with van der Waals surface area (Å²) < 4.78 is 12.9. The lowest BCUT2D eigenvalue weighted by molar-refractivity contribution is -0.564. The van der Waals surface area contributed by atoms with Gasteiger partial charge >= 0.3 is 5.97 Å². The highest BCUT2D eigenvalue weighted by Crippen LogP contribution is 2.37. The molecule has 0 bridgehead atoms. The molecule has 0 aliphatic carbocycles. The van der Waals surface area contributed by atoms with Crippen LogP contribution in [0.2, 0.25) is 0 Å². The molecule has 0 spiro atoms. The molecule has 0 saturated heterocycles. The van der Waals surface area contributed by atoms with E-state index in [0.717, 1.165) is 40.9 Å². The van der Waals surface area contributed by atoms with Crippen molar-refractivity contribution in [2.75, 3.05) is 13.7 Å². The normalized spacial score (nSPS) is 18.4. The van der Waals surface area contributed by atoms with Crippen molar-refractivity contribution in [3.05, 3.63) is 59.3 Å². The second-order valence-corrected chi connectivity index (χ2v) is 7.37. The number of aromatic amines is 1. The van der Waals surface area contributed by atoms with Crippen LogP contribution in [0.3, 0.4) is 0 Å². The Morgan fingerprint density at radius 1 is 1.28 bits per heavy atom. The number of methoxy groups -OCH3 is 1. The second-order valence-electron chi connectivity index (χ2n) is 7.37. The zero-order valence-electron chi connectivity index (χ0n) is 16.8. The van der Waals surface area contributed by atoms with Crippen molar-refractivity contribution in [2.24, 2.45) is 0 Å². The monoisotopic (exact) mass is 393 g/mol. The fourth-order valence-electron chi connectivity index (χ4n) is 4.16. The van der Waals surface area contributed by atoms with Gasteiger partial charge in [-0.15, -0.1) is 0 Å². The highest BCUT2D eigenvalue weighted by molar-refractivity contribution is 5.86. The summed E-state index contributed by atoms with van der Waals surface area (Å²) in [5, 5.41) is 11.0. The summed E-state index contributed by atoms with van der Waals surface area (Å²) in [6.07, 6.45) is 2.47. The number of carbonyl (C=O) groups excluding carboxylic acids is 1. The summed E-state index contributed by atoms with van der Waals surface area (Å²) in [5.74, 6) is 0.765. The minimum Gasteiger partial charge on any atom is -0.508 e. The average Bonchev–Trinajstić information content (AvgIpc) is 3.05. The van der Waals surface area contributed by atoms with Crippen molar-refractivity contribution < 1.29 is 24.0 Å². The van der Waals surface area contributed by atoms with Gasteiger partial charge in [0.1, 0.15) is 18.0 Å². The zero-order chi connectivity index (χ0) is 20.5. The Morgan fingerprint density at radius 3 is 2.72 bits per heavy atom. The van der Waals surface area contributed by atoms with E-state index in [1.807, 2.05) is 37.4 Å². The molecule has 2 aromatic carbocycles. The fraction of sp³-hybridized carbons (Fsp3) is 0.304. The first-order valence-corrected chi connectivity index (χ1v) is 9.71. The predicted molar refractivity (Wildman–Crippen MR) is 111 cm³/mol. The van der Waals surface area contributed by atoms with Crippen LogP contribution in [-0.2, 0) is 16.0 Å². The number of H-pyrrole nitrogens is 1. The molecule has 1 aliphatic heterocycles. The van der Waals surface area contributed by atoms with Gasteiger partial charge in [0.05, 0.1) is 12.8 Å². The molecule has 2 heterocycles. The molecule has 2 atom stereocenters. The van der Waals surface area contributed by atoms with Crippen LogP contribution in [0.4, 0.5) is 0 Å². The smallest absolute Gasteiger partial charge is 0.303 e. The number of rotatable bonds is 4. The van der Waals surface area contributed by atoms with Gasteiger partial charge in [-0.3, -0.25) is 4.79 Å². The van der Waals surface area contributed by atoms with E-state index in [2.05, 4.69) is 21.7 Å². The van der Waals surface area contributed by atoms with Gasteiger partial charge in [-0.1, -0.05) is 0 Å². The Hall–Kier alpha value is -3.28. The molecule has 4 rings (SSSR count). The molecular weight excluding hydrogens is 368 g/mol. The van der Waals surface area contributed by atoms with Crippen molar-refractivity contribution in [2.45, 2.75) is 32.4 Å². The molecule has 1 aromatic heterocycles. The third-order valence-corrected chi connectivity index (χ3v) is 5.33. The summed E-state index contributed by atoms with van der Waals surface area (Å²) in [6.45, 7) is 4.06. The topological polar surface area (TPSA) is 74.6 Å². The molecule has 6 heteroatoms. The standard InChI is InChI=1S/C23H24N2O4/c1-14(29-15(2)26)13-25-11-10-19-20-12-17(27)6-9-21(20)24-22(19)23(25)16-4-7-18(28-3)8-5-16/h4-9,12-14,23-24H,10-11H2,1-3H3/p+1. The van der Waals surface area contributed by atoms with Gasteiger partial charge in [0.2, 0.25) is 6.04 Å². The van der Waals surface area contributed by atoms with E-state index >= 15 is 0 Å². The first-order chi connectivity index (χ1) is 14.0. The number of carbonyl (C=O) groups is 1. The molecule has 6 nitrogen and oxygen atoms in total. The van der Waals surface area contributed by atoms with Gasteiger partial charge < -0.3 is 19.6 Å². The lowest BCUT2D eigenvalue weighted by atomic mass is 9.93. The molecule has 0 radical (unpaired) electrons. The van der Waals surface area contributed by atoms with E-state index in [0.29, 0.717) is 0 Å². The van der Waals surface area contributed by atoms with Gasteiger partial charge in [0, 0.05) is 29.8 Å². The number of nitrogens with one attached hydrogen (secondary N) is 1. The Bertz CT molecular complexity index is 1080. The lowest BCUT2D eigenvalue weighted by Gasteiger charge is -2.23. The molecule has 150 valence electrons. The highest BCUT2D eigenvalue weighted by atomic mass is 16.5. The fourth-order valence-corrected chi connectivity index (χ4v) is 4.16. The van der Waals surface area contributed by atoms with E-state index in [9.17, 15) is 9.90 Å². The molecule has 3 aromatic rings. The number of benzene rings is 2. The van der Waals surface area contributed by atoms with Crippen LogP contribution in [0.5, 0.6) is 11.5 Å². The summed E-state index contributed by atoms with van der Waals surface area (Å²) in [6, 6.07) is 13.4. The number of nitrogens with zero attached hydrogens (tertiary/aromatic N) is 1. The van der Waals surface area contributed by atoms with E-state index in [-0.39, 0.29) is 23.9 Å². The number of ether oxygens (including phenoxy) is 2. The Kier molecular flexibility index (Phi) is 5.01. The third-order valence-electron chi connectivity index (χ3n) is 5.33. The van der Waals surface area contributed by atoms with Crippen molar-refractivity contribution in [1.29, 1.82) is 0 Å². The molecule has 2 unspecified atom stereocenters. The maximum atomic E-state index is 11.4. The molecular formula is C23H25N2O4+. The Balaban J connectivity index is 1.84. The van der Waals surface area contributed by atoms with Crippen LogP contribution in [0, 0.1) is 0 Å². The number of aromatic hydroxyl groups is 1. The minimum absolute atomic E-state index is 0.0581. The Labute approximate surface area is 169 Å². The van der Waals surface area contributed by atoms with Crippen molar-refractivity contribution in [1.82, 2.24) is 4.98 Å². The van der Waals surface area contributed by atoms with Gasteiger partial charge in [0.15, 0.2) is 12.3 Å². The van der Waals surface area contributed by atoms with Crippen molar-refractivity contribution >= 4 is 23.1 Å². The summed E-state index contributed by atoms with van der Waals surface area (Å²) >= 11 is 0. The van der Waals surface area contributed by atoms with Crippen LogP contribution in [0.25, 0.3) is 10.9 Å². The van der Waals surface area contributed by atoms with E-state index in [1.165, 1.54) is 12.5 Å². The van der Waals surface area contributed by atoms with Gasteiger partial charge in [-0.25, -0.2) is 4.58 Å². The molecule has 2 N–H and O–H groups in total. The number of fused-ring (bicyclic) bond motifs is 3. The number of hydrogen-bond donors (Lipinski definition) is 2. The number of phenolic OH excluding ortho intramolecular Hbond substituents is 1. The molecule has 0 fully saturated rings. The molecule has 1 aliphatic rings. The highest BCUT2D eigenvalue weighted by Gasteiger charge is 2.35. The first kappa shape index (κ1) is 19.1. The maximum Gasteiger partial charge on any atom is 0.303 e. The minimum atomic E-state index is -0.330. The SMILES string of the molecule is COc1ccc(C2c3[nH]c4ccc(O)cc4c3CC[N+]2=CC(C)OC(C)=O)cc1. The Morgan fingerprint density at radius 2 is 2.03 bits per heavy atom. The van der Waals surface area contributed by atoms with Gasteiger partial charge in [0.25, 0.3) is 0 Å². The van der Waals surface area contributed by atoms with Crippen molar-refractivity contribution in [3.8, 4) is 11.5 Å². The van der Waals surface area contributed by atoms with Gasteiger partial charge in [-0.05, 0) is 55.0 Å². The van der Waals surface area contributed by atoms with Gasteiger partial charge in [-0.2, -0.15) is 0 Å². The largest absolute Gasteiger partial charge is 0.508 e. The van der Waals surface area contributed by atoms with E-state index in [1.54, 1.807) is 13.2 Å². The number of phenols is 1. The van der Waals surface area contributed by atoms with Crippen molar-refractivity contribution in [3.63, 3.8) is 0 Å². The zero-order valence-corrected chi connectivity index (χ0v) is 16.8. The van der Waals surface area contributed by atoms with Crippen LogP contribution in [-0.4, -0.2) is 46.6 Å². The predicted octanol–water partition coefficient (Wildman–Crippen LogP) is 3.56. The van der Waals surface area contributed by atoms with Crippen LogP contribution in [0.15, 0.2) is 42.5 Å². The number of aromatic nitrogens is 1. The maximum absolute atomic E-state index is 11.4. The molecule has 29 heavy (non-hydrogen) atoms. The van der Waals surface area contributed by atoms with E-state index < -0.39 is 0 Å². The third kappa shape index (κ3) is 3.70. The second kappa shape index (κ2) is 7.62. The molecule has 0 amide bonds. The first-order valence-electron chi connectivity index (χ1n) is 9.71.